The second-order valence-corrected chi connectivity index (χ2v) is 5.29. The Balaban J connectivity index is 2.16. The van der Waals surface area contributed by atoms with Gasteiger partial charge in [0.05, 0.1) is 0 Å². The van der Waals surface area contributed by atoms with Crippen molar-refractivity contribution < 1.29 is 0 Å². The fourth-order valence-corrected chi connectivity index (χ4v) is 1.99. The van der Waals surface area contributed by atoms with E-state index >= 15 is 0 Å². The van der Waals surface area contributed by atoms with Gasteiger partial charge in [-0.1, -0.05) is 13.8 Å². The third-order valence-electron chi connectivity index (χ3n) is 2.46. The minimum absolute atomic E-state index is 0.666. The number of hydrogen-bond acceptors (Lipinski definition) is 3. The molecule has 1 aromatic heterocycles. The molecule has 4 heteroatoms. The summed E-state index contributed by atoms with van der Waals surface area (Å²) in [5, 5.41) is 0. The summed E-state index contributed by atoms with van der Waals surface area (Å²) in [6, 6.07) is 2.70. The Morgan fingerprint density at radius 1 is 1.47 bits per heavy atom. The lowest BCUT2D eigenvalue weighted by atomic mass is 10.2. The number of hydrogen-bond donors (Lipinski definition) is 0. The fourth-order valence-electron chi connectivity index (χ4n) is 1.69. The largest absolute Gasteiger partial charge is 0.353 e. The highest BCUT2D eigenvalue weighted by Gasteiger charge is 2.30. The van der Waals surface area contributed by atoms with Crippen molar-refractivity contribution >= 4 is 21.7 Å². The highest BCUT2D eigenvalue weighted by atomic mass is 79.9. The highest BCUT2D eigenvalue weighted by molar-refractivity contribution is 9.10. The molecule has 1 saturated carbocycles. The van der Waals surface area contributed by atoms with E-state index in [0.29, 0.717) is 12.0 Å². The van der Waals surface area contributed by atoms with Gasteiger partial charge in [-0.2, -0.15) is 0 Å². The third-order valence-corrected chi connectivity index (χ3v) is 2.90. The van der Waals surface area contributed by atoms with Crippen LogP contribution in [-0.4, -0.2) is 22.6 Å². The van der Waals surface area contributed by atoms with Crippen LogP contribution in [0, 0.1) is 5.92 Å². The maximum Gasteiger partial charge on any atom is 0.133 e. The number of anilines is 1. The molecule has 0 saturated heterocycles. The van der Waals surface area contributed by atoms with Crippen LogP contribution in [0.25, 0.3) is 0 Å². The fraction of sp³-hybridized carbons (Fsp3) is 0.636. The smallest absolute Gasteiger partial charge is 0.133 e. The molecular formula is C11H16BrN3. The maximum atomic E-state index is 4.34. The van der Waals surface area contributed by atoms with Gasteiger partial charge in [0.2, 0.25) is 0 Å². The van der Waals surface area contributed by atoms with Crippen molar-refractivity contribution in [3.05, 3.63) is 17.0 Å². The SMILES string of the molecule is CC(C)CN(c1cc(Br)ncn1)C1CC1. The van der Waals surface area contributed by atoms with Crippen molar-refractivity contribution in [2.24, 2.45) is 5.92 Å². The Kier molecular flexibility index (Phi) is 3.24. The van der Waals surface area contributed by atoms with Crippen molar-refractivity contribution in [1.29, 1.82) is 0 Å². The normalized spacial score (nSPS) is 15.7. The molecule has 1 aliphatic carbocycles. The molecule has 0 aliphatic heterocycles. The lowest BCUT2D eigenvalue weighted by molar-refractivity contribution is 0.602. The predicted molar refractivity (Wildman–Crippen MR) is 64.9 cm³/mol. The zero-order valence-corrected chi connectivity index (χ0v) is 10.7. The van der Waals surface area contributed by atoms with E-state index in [1.165, 1.54) is 12.8 Å². The molecule has 15 heavy (non-hydrogen) atoms. The predicted octanol–water partition coefficient (Wildman–Crippen LogP) is 2.86. The Morgan fingerprint density at radius 2 is 2.20 bits per heavy atom. The molecule has 1 aromatic rings. The number of halogens is 1. The zero-order valence-electron chi connectivity index (χ0n) is 9.15. The van der Waals surface area contributed by atoms with E-state index in [-0.39, 0.29) is 0 Å². The first kappa shape index (κ1) is 10.9. The van der Waals surface area contributed by atoms with Crippen molar-refractivity contribution in [3.8, 4) is 0 Å². The van der Waals surface area contributed by atoms with Gasteiger partial charge in [0.25, 0.3) is 0 Å². The second kappa shape index (κ2) is 4.47. The first-order chi connectivity index (χ1) is 7.16. The molecule has 0 N–H and O–H groups in total. The first-order valence-electron chi connectivity index (χ1n) is 5.41. The molecule has 0 atom stereocenters. The Bertz CT molecular complexity index is 336. The summed E-state index contributed by atoms with van der Waals surface area (Å²) in [4.78, 5) is 10.8. The second-order valence-electron chi connectivity index (χ2n) is 4.48. The van der Waals surface area contributed by atoms with Gasteiger partial charge in [-0.15, -0.1) is 0 Å². The molecule has 1 fully saturated rings. The van der Waals surface area contributed by atoms with E-state index in [1.54, 1.807) is 6.33 Å². The van der Waals surface area contributed by atoms with Crippen LogP contribution in [0.15, 0.2) is 17.0 Å². The van der Waals surface area contributed by atoms with E-state index in [2.05, 4.69) is 44.6 Å². The monoisotopic (exact) mass is 269 g/mol. The summed E-state index contributed by atoms with van der Waals surface area (Å²) >= 11 is 3.39. The average Bonchev–Trinajstić information content (AvgIpc) is 2.97. The minimum atomic E-state index is 0.666. The van der Waals surface area contributed by atoms with E-state index in [1.807, 2.05) is 6.07 Å². The summed E-state index contributed by atoms with van der Waals surface area (Å²) in [6.45, 7) is 5.56. The van der Waals surface area contributed by atoms with Gasteiger partial charge in [0.15, 0.2) is 0 Å². The van der Waals surface area contributed by atoms with Crippen molar-refractivity contribution in [2.75, 3.05) is 11.4 Å². The van der Waals surface area contributed by atoms with Gasteiger partial charge in [0, 0.05) is 18.7 Å². The lowest BCUT2D eigenvalue weighted by Crippen LogP contribution is -2.30. The molecule has 3 nitrogen and oxygen atoms in total. The molecule has 0 aromatic carbocycles. The van der Waals surface area contributed by atoms with E-state index in [0.717, 1.165) is 17.0 Å². The number of aromatic nitrogens is 2. The van der Waals surface area contributed by atoms with Gasteiger partial charge in [-0.05, 0) is 34.7 Å². The van der Waals surface area contributed by atoms with E-state index < -0.39 is 0 Å². The maximum absolute atomic E-state index is 4.34. The Hall–Kier alpha value is -0.640. The van der Waals surface area contributed by atoms with Gasteiger partial charge in [-0.3, -0.25) is 0 Å². The zero-order chi connectivity index (χ0) is 10.8. The average molecular weight is 270 g/mol. The molecule has 82 valence electrons. The van der Waals surface area contributed by atoms with Gasteiger partial charge >= 0.3 is 0 Å². The van der Waals surface area contributed by atoms with Crippen LogP contribution in [0.3, 0.4) is 0 Å². The van der Waals surface area contributed by atoms with Crippen molar-refractivity contribution in [1.82, 2.24) is 9.97 Å². The van der Waals surface area contributed by atoms with Gasteiger partial charge < -0.3 is 4.90 Å². The number of rotatable bonds is 4. The molecule has 1 heterocycles. The number of nitrogens with zero attached hydrogens (tertiary/aromatic N) is 3. The van der Waals surface area contributed by atoms with E-state index in [4.69, 9.17) is 0 Å². The Labute approximate surface area is 99.0 Å². The van der Waals surface area contributed by atoms with Crippen LogP contribution < -0.4 is 4.90 Å². The van der Waals surface area contributed by atoms with Crippen LogP contribution in [0.2, 0.25) is 0 Å². The van der Waals surface area contributed by atoms with Crippen LogP contribution in [0.1, 0.15) is 26.7 Å². The summed E-state index contributed by atoms with van der Waals surface area (Å²) in [5.41, 5.74) is 0. The van der Waals surface area contributed by atoms with Crippen LogP contribution in [0.4, 0.5) is 5.82 Å². The van der Waals surface area contributed by atoms with Crippen molar-refractivity contribution in [3.63, 3.8) is 0 Å². The molecule has 1 aliphatic rings. The highest BCUT2D eigenvalue weighted by Crippen LogP contribution is 2.31. The third kappa shape index (κ3) is 2.91. The standard InChI is InChI=1S/C11H16BrN3/c1-8(2)6-15(9-3-4-9)11-5-10(12)13-7-14-11/h5,7-9H,3-4,6H2,1-2H3. The molecular weight excluding hydrogens is 254 g/mol. The van der Waals surface area contributed by atoms with Crippen LogP contribution >= 0.6 is 15.9 Å². The minimum Gasteiger partial charge on any atom is -0.353 e. The summed E-state index contributed by atoms with van der Waals surface area (Å²) in [5.74, 6) is 1.72. The van der Waals surface area contributed by atoms with E-state index in [9.17, 15) is 0 Å². The molecule has 0 radical (unpaired) electrons. The Morgan fingerprint density at radius 3 is 2.73 bits per heavy atom. The first-order valence-corrected chi connectivity index (χ1v) is 6.20. The molecule has 0 unspecified atom stereocenters. The van der Waals surface area contributed by atoms with Gasteiger partial charge in [-0.25, -0.2) is 9.97 Å². The quantitative estimate of drug-likeness (QED) is 0.788. The summed E-state index contributed by atoms with van der Waals surface area (Å²) < 4.78 is 0.863. The van der Waals surface area contributed by atoms with Gasteiger partial charge in [0.1, 0.15) is 16.7 Å². The lowest BCUT2D eigenvalue weighted by Gasteiger charge is -2.25. The van der Waals surface area contributed by atoms with Crippen molar-refractivity contribution in [2.45, 2.75) is 32.7 Å². The molecule has 0 amide bonds. The van der Waals surface area contributed by atoms with Crippen LogP contribution in [0.5, 0.6) is 0 Å². The summed E-state index contributed by atoms with van der Waals surface area (Å²) in [7, 11) is 0. The topological polar surface area (TPSA) is 29.0 Å². The van der Waals surface area contributed by atoms with Crippen LogP contribution in [-0.2, 0) is 0 Å². The summed E-state index contributed by atoms with van der Waals surface area (Å²) in [6.07, 6.45) is 4.22. The molecule has 2 rings (SSSR count). The molecule has 0 spiro atoms. The molecule has 0 bridgehead atoms.